The van der Waals surface area contributed by atoms with Gasteiger partial charge in [-0.3, -0.25) is 4.68 Å². The molecule has 18 heavy (non-hydrogen) atoms. The number of nitrogens with zero attached hydrogens (tertiary/aromatic N) is 2. The monoisotopic (exact) mass is 251 g/mol. The highest BCUT2D eigenvalue weighted by atomic mass is 16.5. The average Bonchev–Trinajstić information content (AvgIpc) is 3.00. The molecule has 4 heteroatoms. The third-order valence-electron chi connectivity index (χ3n) is 3.46. The predicted molar refractivity (Wildman–Crippen MR) is 72.6 cm³/mol. The van der Waals surface area contributed by atoms with Gasteiger partial charge in [-0.1, -0.05) is 6.92 Å². The molecular weight excluding hydrogens is 226 g/mol. The molecule has 4 nitrogen and oxygen atoms in total. The Hall–Kier alpha value is -0.870. The standard InChI is InChI=1S/C14H25N3O/c1-4-8-15-14(13-6-5-10-18-13)12-7-9-16-17(12)11(2)3/h7,9,11,13-15H,4-6,8,10H2,1-3H3. The molecule has 1 aliphatic rings. The van der Waals surface area contributed by atoms with Crippen LogP contribution in [0.4, 0.5) is 0 Å². The molecule has 2 rings (SSSR count). The number of rotatable bonds is 6. The Morgan fingerprint density at radius 3 is 3.00 bits per heavy atom. The number of hydrogen-bond donors (Lipinski definition) is 1. The fourth-order valence-electron chi connectivity index (χ4n) is 2.59. The van der Waals surface area contributed by atoms with Gasteiger partial charge in [-0.25, -0.2) is 0 Å². The van der Waals surface area contributed by atoms with E-state index in [0.717, 1.165) is 26.0 Å². The Morgan fingerprint density at radius 1 is 1.56 bits per heavy atom. The van der Waals surface area contributed by atoms with E-state index in [1.807, 2.05) is 6.20 Å². The first-order chi connectivity index (χ1) is 8.74. The Balaban J connectivity index is 2.18. The molecule has 0 aromatic carbocycles. The van der Waals surface area contributed by atoms with Crippen LogP contribution in [-0.4, -0.2) is 29.0 Å². The quantitative estimate of drug-likeness (QED) is 0.845. The summed E-state index contributed by atoms with van der Waals surface area (Å²) in [7, 11) is 0. The third-order valence-corrected chi connectivity index (χ3v) is 3.46. The maximum atomic E-state index is 5.87. The molecular formula is C14H25N3O. The largest absolute Gasteiger partial charge is 0.376 e. The third kappa shape index (κ3) is 2.93. The average molecular weight is 251 g/mol. The molecule has 1 N–H and O–H groups in total. The topological polar surface area (TPSA) is 39.1 Å². The van der Waals surface area contributed by atoms with Crippen molar-refractivity contribution < 1.29 is 4.74 Å². The van der Waals surface area contributed by atoms with E-state index in [2.05, 4.69) is 41.9 Å². The molecule has 1 fully saturated rings. The lowest BCUT2D eigenvalue weighted by molar-refractivity contribution is 0.0750. The van der Waals surface area contributed by atoms with Crippen LogP contribution in [0.5, 0.6) is 0 Å². The molecule has 102 valence electrons. The summed E-state index contributed by atoms with van der Waals surface area (Å²) in [4.78, 5) is 0. The van der Waals surface area contributed by atoms with E-state index in [1.165, 1.54) is 12.1 Å². The van der Waals surface area contributed by atoms with E-state index in [9.17, 15) is 0 Å². The summed E-state index contributed by atoms with van der Waals surface area (Å²) in [5.41, 5.74) is 1.25. The Bertz CT molecular complexity index is 356. The van der Waals surface area contributed by atoms with Gasteiger partial charge in [-0.2, -0.15) is 5.10 Å². The first-order valence-electron chi connectivity index (χ1n) is 7.12. The molecule has 1 aromatic heterocycles. The Kier molecular flexibility index (Phi) is 4.78. The predicted octanol–water partition coefficient (Wildman–Crippen LogP) is 2.68. The number of aromatic nitrogens is 2. The van der Waals surface area contributed by atoms with Crippen molar-refractivity contribution in [1.82, 2.24) is 15.1 Å². The second kappa shape index (κ2) is 6.34. The van der Waals surface area contributed by atoms with Crippen molar-refractivity contribution in [3.63, 3.8) is 0 Å². The van der Waals surface area contributed by atoms with Crippen LogP contribution in [0.15, 0.2) is 12.3 Å². The molecule has 2 unspecified atom stereocenters. The minimum atomic E-state index is 0.275. The summed E-state index contributed by atoms with van der Waals surface area (Å²) in [5.74, 6) is 0. The van der Waals surface area contributed by atoms with Crippen LogP contribution in [0, 0.1) is 0 Å². The van der Waals surface area contributed by atoms with Gasteiger partial charge in [-0.05, 0) is 45.7 Å². The maximum Gasteiger partial charge on any atom is 0.0785 e. The number of ether oxygens (including phenoxy) is 1. The number of hydrogen-bond acceptors (Lipinski definition) is 3. The number of nitrogens with one attached hydrogen (secondary N) is 1. The van der Waals surface area contributed by atoms with Gasteiger partial charge in [0.15, 0.2) is 0 Å². The van der Waals surface area contributed by atoms with Gasteiger partial charge >= 0.3 is 0 Å². The van der Waals surface area contributed by atoms with Crippen molar-refractivity contribution >= 4 is 0 Å². The summed E-state index contributed by atoms with van der Waals surface area (Å²) in [6.07, 6.45) is 5.64. The molecule has 2 atom stereocenters. The highest BCUT2D eigenvalue weighted by Crippen LogP contribution is 2.28. The fourth-order valence-corrected chi connectivity index (χ4v) is 2.59. The van der Waals surface area contributed by atoms with Crippen molar-refractivity contribution in [3.05, 3.63) is 18.0 Å². The van der Waals surface area contributed by atoms with Crippen molar-refractivity contribution in [2.24, 2.45) is 0 Å². The van der Waals surface area contributed by atoms with Crippen LogP contribution in [0.25, 0.3) is 0 Å². The van der Waals surface area contributed by atoms with Gasteiger partial charge in [0, 0.05) is 18.8 Å². The molecule has 1 saturated heterocycles. The molecule has 2 heterocycles. The molecule has 0 aliphatic carbocycles. The summed E-state index contributed by atoms with van der Waals surface area (Å²) in [5, 5.41) is 8.06. The van der Waals surface area contributed by atoms with Gasteiger partial charge in [0.2, 0.25) is 0 Å². The normalized spacial score (nSPS) is 21.7. The molecule has 0 amide bonds. The van der Waals surface area contributed by atoms with E-state index < -0.39 is 0 Å². The van der Waals surface area contributed by atoms with Crippen LogP contribution >= 0.6 is 0 Å². The smallest absolute Gasteiger partial charge is 0.0785 e. The van der Waals surface area contributed by atoms with E-state index in [1.54, 1.807) is 0 Å². The molecule has 0 saturated carbocycles. The van der Waals surface area contributed by atoms with E-state index in [4.69, 9.17) is 4.74 Å². The van der Waals surface area contributed by atoms with Crippen LogP contribution in [0.3, 0.4) is 0 Å². The molecule has 1 aliphatic heterocycles. The van der Waals surface area contributed by atoms with Crippen molar-refractivity contribution in [2.45, 2.75) is 58.2 Å². The molecule has 0 bridgehead atoms. The summed E-state index contributed by atoms with van der Waals surface area (Å²) in [6, 6.07) is 2.79. The SMILES string of the molecule is CCCNC(c1ccnn1C(C)C)C1CCCO1. The minimum Gasteiger partial charge on any atom is -0.376 e. The van der Waals surface area contributed by atoms with Crippen molar-refractivity contribution in [2.75, 3.05) is 13.2 Å². The highest BCUT2D eigenvalue weighted by molar-refractivity contribution is 5.10. The minimum absolute atomic E-state index is 0.275. The second-order valence-corrected chi connectivity index (χ2v) is 5.28. The van der Waals surface area contributed by atoms with Crippen LogP contribution in [0.1, 0.15) is 57.8 Å². The van der Waals surface area contributed by atoms with E-state index in [0.29, 0.717) is 12.1 Å². The maximum absolute atomic E-state index is 5.87. The first kappa shape index (κ1) is 13.6. The zero-order chi connectivity index (χ0) is 13.0. The van der Waals surface area contributed by atoms with Gasteiger partial charge in [-0.15, -0.1) is 0 Å². The lowest BCUT2D eigenvalue weighted by Gasteiger charge is -2.26. The van der Waals surface area contributed by atoms with Crippen LogP contribution < -0.4 is 5.32 Å². The Morgan fingerprint density at radius 2 is 2.39 bits per heavy atom. The van der Waals surface area contributed by atoms with E-state index in [-0.39, 0.29) is 6.04 Å². The van der Waals surface area contributed by atoms with Crippen LogP contribution in [0.2, 0.25) is 0 Å². The van der Waals surface area contributed by atoms with E-state index >= 15 is 0 Å². The lowest BCUT2D eigenvalue weighted by Crippen LogP contribution is -2.34. The lowest BCUT2D eigenvalue weighted by atomic mass is 10.0. The first-order valence-corrected chi connectivity index (χ1v) is 7.12. The molecule has 0 radical (unpaired) electrons. The van der Waals surface area contributed by atoms with Gasteiger partial charge in [0.05, 0.1) is 17.8 Å². The fraction of sp³-hybridized carbons (Fsp3) is 0.786. The van der Waals surface area contributed by atoms with Crippen molar-refractivity contribution in [3.8, 4) is 0 Å². The van der Waals surface area contributed by atoms with Crippen LogP contribution in [-0.2, 0) is 4.74 Å². The molecule has 1 aromatic rings. The van der Waals surface area contributed by atoms with Gasteiger partial charge in [0.1, 0.15) is 0 Å². The second-order valence-electron chi connectivity index (χ2n) is 5.28. The summed E-state index contributed by atoms with van der Waals surface area (Å²) >= 11 is 0. The highest BCUT2D eigenvalue weighted by Gasteiger charge is 2.29. The van der Waals surface area contributed by atoms with Gasteiger partial charge < -0.3 is 10.1 Å². The zero-order valence-electron chi connectivity index (χ0n) is 11.7. The zero-order valence-corrected chi connectivity index (χ0v) is 11.7. The molecule has 0 spiro atoms. The van der Waals surface area contributed by atoms with Gasteiger partial charge in [0.25, 0.3) is 0 Å². The van der Waals surface area contributed by atoms with Crippen molar-refractivity contribution in [1.29, 1.82) is 0 Å². The summed E-state index contributed by atoms with van der Waals surface area (Å²) in [6.45, 7) is 8.45. The Labute approximate surface area is 110 Å². The summed E-state index contributed by atoms with van der Waals surface area (Å²) < 4.78 is 7.97.